The number of piperidine rings is 1. The molecule has 2 aromatic carbocycles. The minimum absolute atomic E-state index is 0.106. The number of benzene rings is 2. The molecule has 1 aliphatic heterocycles. The van der Waals surface area contributed by atoms with Gasteiger partial charge in [-0.2, -0.15) is 5.10 Å². The molecule has 1 unspecified atom stereocenters. The second-order valence-corrected chi connectivity index (χ2v) is 8.05. The molecule has 1 N–H and O–H groups in total. The molecule has 0 aliphatic carbocycles. The fourth-order valence-electron chi connectivity index (χ4n) is 4.65. The highest BCUT2D eigenvalue weighted by Gasteiger charge is 2.31. The van der Waals surface area contributed by atoms with Crippen LogP contribution in [-0.2, 0) is 4.79 Å². The van der Waals surface area contributed by atoms with Crippen molar-refractivity contribution in [2.24, 2.45) is 0 Å². The molecule has 31 heavy (non-hydrogen) atoms. The quantitative estimate of drug-likeness (QED) is 0.528. The fourth-order valence-corrected chi connectivity index (χ4v) is 4.65. The molecule has 0 saturated carbocycles. The lowest BCUT2D eigenvalue weighted by molar-refractivity contribution is -0.134. The van der Waals surface area contributed by atoms with Crippen LogP contribution in [0.5, 0.6) is 5.75 Å². The van der Waals surface area contributed by atoms with Crippen molar-refractivity contribution in [2.45, 2.75) is 24.8 Å². The maximum atomic E-state index is 13.5. The predicted octanol–water partition coefficient (Wildman–Crippen LogP) is 4.37. The van der Waals surface area contributed by atoms with Crippen LogP contribution in [0.25, 0.3) is 10.9 Å². The molecule has 6 nitrogen and oxygen atoms in total. The zero-order valence-electron chi connectivity index (χ0n) is 17.6. The normalized spacial score (nSPS) is 15.8. The molecule has 0 radical (unpaired) electrons. The maximum Gasteiger partial charge on any atom is 0.252 e. The largest absolute Gasteiger partial charge is 0.497 e. The SMILES string of the molecule is COc1ccc2[nH]cc(C3CCN(C(=O)C(c4ccccc4)n4cccn4)CC3)c2c1. The van der Waals surface area contributed by atoms with Crippen LogP contribution in [0.1, 0.15) is 35.9 Å². The van der Waals surface area contributed by atoms with Gasteiger partial charge in [-0.25, -0.2) is 0 Å². The summed E-state index contributed by atoms with van der Waals surface area (Å²) in [5.74, 6) is 1.39. The molecular formula is C25H26N4O2. The number of amides is 1. The van der Waals surface area contributed by atoms with Gasteiger partial charge in [-0.05, 0) is 54.2 Å². The van der Waals surface area contributed by atoms with E-state index in [0.717, 1.165) is 42.8 Å². The number of nitrogens with zero attached hydrogens (tertiary/aromatic N) is 3. The first-order valence-electron chi connectivity index (χ1n) is 10.7. The van der Waals surface area contributed by atoms with Gasteiger partial charge in [0.2, 0.25) is 0 Å². The molecule has 0 bridgehead atoms. The number of aromatic amines is 1. The van der Waals surface area contributed by atoms with Crippen molar-refractivity contribution < 1.29 is 9.53 Å². The van der Waals surface area contributed by atoms with Crippen LogP contribution in [-0.4, -0.2) is 45.8 Å². The van der Waals surface area contributed by atoms with Gasteiger partial charge < -0.3 is 14.6 Å². The second kappa shape index (κ2) is 8.30. The van der Waals surface area contributed by atoms with E-state index in [0.29, 0.717) is 5.92 Å². The van der Waals surface area contributed by atoms with Crippen molar-refractivity contribution in [2.75, 3.05) is 20.2 Å². The summed E-state index contributed by atoms with van der Waals surface area (Å²) in [5, 5.41) is 5.58. The molecule has 2 aromatic heterocycles. The number of methoxy groups -OCH3 is 1. The smallest absolute Gasteiger partial charge is 0.252 e. The number of likely N-dealkylation sites (tertiary alicyclic amines) is 1. The number of carbonyl (C=O) groups is 1. The molecule has 1 saturated heterocycles. The number of hydrogen-bond donors (Lipinski definition) is 1. The van der Waals surface area contributed by atoms with E-state index < -0.39 is 6.04 Å². The average molecular weight is 415 g/mol. The van der Waals surface area contributed by atoms with Gasteiger partial charge in [0.25, 0.3) is 5.91 Å². The van der Waals surface area contributed by atoms with E-state index >= 15 is 0 Å². The van der Waals surface area contributed by atoms with Crippen LogP contribution in [0.3, 0.4) is 0 Å². The third kappa shape index (κ3) is 3.69. The van der Waals surface area contributed by atoms with E-state index in [1.807, 2.05) is 53.6 Å². The molecule has 6 heteroatoms. The number of nitrogens with one attached hydrogen (secondary N) is 1. The van der Waals surface area contributed by atoms with Crippen molar-refractivity contribution >= 4 is 16.8 Å². The van der Waals surface area contributed by atoms with Crippen molar-refractivity contribution in [3.63, 3.8) is 0 Å². The molecule has 0 spiro atoms. The summed E-state index contributed by atoms with van der Waals surface area (Å²) in [5.41, 5.74) is 3.40. The monoisotopic (exact) mass is 414 g/mol. The third-order valence-electron chi connectivity index (χ3n) is 6.31. The van der Waals surface area contributed by atoms with E-state index in [1.165, 1.54) is 10.9 Å². The summed E-state index contributed by atoms with van der Waals surface area (Å²) in [6.07, 6.45) is 7.58. The summed E-state index contributed by atoms with van der Waals surface area (Å²) < 4.78 is 7.17. The van der Waals surface area contributed by atoms with Crippen LogP contribution < -0.4 is 4.74 Å². The van der Waals surface area contributed by atoms with Gasteiger partial charge in [0.05, 0.1) is 7.11 Å². The lowest BCUT2D eigenvalue weighted by Crippen LogP contribution is -2.42. The Kier molecular flexibility index (Phi) is 5.20. The highest BCUT2D eigenvalue weighted by atomic mass is 16.5. The predicted molar refractivity (Wildman–Crippen MR) is 120 cm³/mol. The Balaban J connectivity index is 1.34. The van der Waals surface area contributed by atoms with Crippen LogP contribution in [0.15, 0.2) is 73.2 Å². The number of H-pyrrole nitrogens is 1. The molecule has 158 valence electrons. The summed E-state index contributed by atoms with van der Waals surface area (Å²) in [7, 11) is 1.69. The summed E-state index contributed by atoms with van der Waals surface area (Å²) in [4.78, 5) is 18.9. The number of fused-ring (bicyclic) bond motifs is 1. The average Bonchev–Trinajstić information content (AvgIpc) is 3.50. The number of aromatic nitrogens is 3. The first-order valence-corrected chi connectivity index (χ1v) is 10.7. The highest BCUT2D eigenvalue weighted by molar-refractivity contribution is 5.86. The van der Waals surface area contributed by atoms with E-state index in [9.17, 15) is 4.79 Å². The van der Waals surface area contributed by atoms with Gasteiger partial charge >= 0.3 is 0 Å². The van der Waals surface area contributed by atoms with E-state index in [4.69, 9.17) is 4.74 Å². The van der Waals surface area contributed by atoms with Crippen LogP contribution in [0.4, 0.5) is 0 Å². The summed E-state index contributed by atoms with van der Waals surface area (Å²) in [6.45, 7) is 1.48. The Morgan fingerprint density at radius 2 is 1.94 bits per heavy atom. The Labute approximate surface area is 181 Å². The topological polar surface area (TPSA) is 63.1 Å². The number of rotatable bonds is 5. The Hall–Kier alpha value is -3.54. The van der Waals surface area contributed by atoms with Gasteiger partial charge in [0.15, 0.2) is 6.04 Å². The van der Waals surface area contributed by atoms with E-state index in [1.54, 1.807) is 18.0 Å². The van der Waals surface area contributed by atoms with E-state index in [-0.39, 0.29) is 5.91 Å². The van der Waals surface area contributed by atoms with Gasteiger partial charge in [-0.15, -0.1) is 0 Å². The molecule has 1 atom stereocenters. The molecule has 3 heterocycles. The van der Waals surface area contributed by atoms with Crippen molar-refractivity contribution in [1.29, 1.82) is 0 Å². The Bertz CT molecular complexity index is 1160. The maximum absolute atomic E-state index is 13.5. The van der Waals surface area contributed by atoms with Crippen molar-refractivity contribution in [3.8, 4) is 5.75 Å². The minimum atomic E-state index is -0.426. The first kappa shape index (κ1) is 19.4. The highest BCUT2D eigenvalue weighted by Crippen LogP contribution is 2.35. The lowest BCUT2D eigenvalue weighted by Gasteiger charge is -2.34. The standard InChI is InChI=1S/C25H26N4O2/c1-31-20-8-9-23-21(16-20)22(17-26-23)18-10-14-28(15-11-18)25(30)24(29-13-5-12-27-29)19-6-3-2-4-7-19/h2-9,12-13,16-18,24,26H,10-11,14-15H2,1H3. The molecule has 4 aromatic rings. The lowest BCUT2D eigenvalue weighted by atomic mass is 9.88. The van der Waals surface area contributed by atoms with Gasteiger partial charge in [0.1, 0.15) is 5.75 Å². The van der Waals surface area contributed by atoms with E-state index in [2.05, 4.69) is 28.4 Å². The summed E-state index contributed by atoms with van der Waals surface area (Å²) >= 11 is 0. The van der Waals surface area contributed by atoms with Crippen LogP contribution in [0, 0.1) is 0 Å². The van der Waals surface area contributed by atoms with Crippen LogP contribution in [0.2, 0.25) is 0 Å². The molecule has 1 fully saturated rings. The third-order valence-corrected chi connectivity index (χ3v) is 6.31. The number of hydrogen-bond acceptors (Lipinski definition) is 3. The number of ether oxygens (including phenoxy) is 1. The van der Waals surface area contributed by atoms with Crippen molar-refractivity contribution in [1.82, 2.24) is 19.7 Å². The first-order chi connectivity index (χ1) is 15.2. The van der Waals surface area contributed by atoms with Gasteiger partial charge in [0, 0.05) is 42.6 Å². The molecule has 1 aliphatic rings. The van der Waals surface area contributed by atoms with Crippen LogP contribution >= 0.6 is 0 Å². The van der Waals surface area contributed by atoms with Crippen molar-refractivity contribution in [3.05, 3.63) is 84.3 Å². The number of carbonyl (C=O) groups excluding carboxylic acids is 1. The molecular weight excluding hydrogens is 388 g/mol. The van der Waals surface area contributed by atoms with Gasteiger partial charge in [-0.1, -0.05) is 30.3 Å². The zero-order valence-corrected chi connectivity index (χ0v) is 17.6. The second-order valence-electron chi connectivity index (χ2n) is 8.05. The fraction of sp³-hybridized carbons (Fsp3) is 0.280. The molecule has 1 amide bonds. The Morgan fingerprint density at radius 3 is 2.65 bits per heavy atom. The van der Waals surface area contributed by atoms with Gasteiger partial charge in [-0.3, -0.25) is 9.48 Å². The zero-order chi connectivity index (χ0) is 21.2. The summed E-state index contributed by atoms with van der Waals surface area (Å²) in [6, 6.07) is 17.5. The minimum Gasteiger partial charge on any atom is -0.497 e. The Morgan fingerprint density at radius 1 is 1.13 bits per heavy atom. The molecule has 5 rings (SSSR count).